The molecule has 0 unspecified atom stereocenters. The van der Waals surface area contributed by atoms with E-state index >= 15 is 0 Å². The molecule has 19 heavy (non-hydrogen) atoms. The molecule has 0 saturated heterocycles. The first kappa shape index (κ1) is 14.9. The van der Waals surface area contributed by atoms with E-state index in [1.165, 1.54) is 0 Å². The van der Waals surface area contributed by atoms with E-state index in [2.05, 4.69) is 10.3 Å². The Bertz CT molecular complexity index is 420. The molecule has 1 aromatic rings. The number of nitrogens with zero attached hydrogens (tertiary/aromatic N) is 2. The predicted octanol–water partition coefficient (Wildman–Crippen LogP) is 2.40. The molecule has 1 heterocycles. The fourth-order valence-corrected chi connectivity index (χ4v) is 1.69. The minimum Gasteiger partial charge on any atom is -0.292 e. The third-order valence-electron chi connectivity index (χ3n) is 2.68. The first-order valence-corrected chi connectivity index (χ1v) is 6.29. The van der Waals surface area contributed by atoms with Gasteiger partial charge < -0.3 is 0 Å². The number of nitroso groups, excluding NO2 is 1. The molecule has 102 valence electrons. The van der Waals surface area contributed by atoms with Crippen LogP contribution in [0.1, 0.15) is 49.0 Å². The normalized spacial score (nSPS) is 9.89. The Kier molecular flexibility index (Phi) is 7.01. The molecule has 0 fully saturated rings. The molecular formula is C13H17N3O3. The van der Waals surface area contributed by atoms with Crippen molar-refractivity contribution in [2.45, 2.75) is 38.5 Å². The smallest absolute Gasteiger partial charge is 0.242 e. The Morgan fingerprint density at radius 1 is 1.11 bits per heavy atom. The maximum atomic E-state index is 11.7. The summed E-state index contributed by atoms with van der Waals surface area (Å²) in [7, 11) is 0. The highest BCUT2D eigenvalue weighted by molar-refractivity contribution is 5.94. The number of rotatable bonds is 9. The number of hydrogen-bond donors (Lipinski definition) is 1. The van der Waals surface area contributed by atoms with E-state index in [-0.39, 0.29) is 11.7 Å². The summed E-state index contributed by atoms with van der Waals surface area (Å²) >= 11 is 0. The number of Topliss-reactive ketones (excluding diaryl/α,β-unsaturated/α-hetero) is 1. The van der Waals surface area contributed by atoms with Crippen LogP contribution in [0.5, 0.6) is 0 Å². The maximum absolute atomic E-state index is 11.7. The molecule has 6 nitrogen and oxygen atoms in total. The molecule has 0 spiro atoms. The van der Waals surface area contributed by atoms with Crippen molar-refractivity contribution in [3.8, 4) is 0 Å². The molecule has 1 rings (SSSR count). The van der Waals surface area contributed by atoms with E-state index in [1.54, 1.807) is 24.4 Å². The van der Waals surface area contributed by atoms with Crippen LogP contribution in [0, 0.1) is 4.91 Å². The molecule has 0 radical (unpaired) electrons. The van der Waals surface area contributed by atoms with Crippen LogP contribution in [-0.4, -0.2) is 16.7 Å². The summed E-state index contributed by atoms with van der Waals surface area (Å²) in [6.07, 6.45) is 5.57. The summed E-state index contributed by atoms with van der Waals surface area (Å²) < 4.78 is 0. The zero-order valence-electron chi connectivity index (χ0n) is 10.7. The molecule has 0 aliphatic carbocycles. The second kappa shape index (κ2) is 8.91. The quantitative estimate of drug-likeness (QED) is 0.320. The van der Waals surface area contributed by atoms with Crippen molar-refractivity contribution in [3.05, 3.63) is 35.0 Å². The van der Waals surface area contributed by atoms with Gasteiger partial charge in [0.2, 0.25) is 5.91 Å². The van der Waals surface area contributed by atoms with Crippen LogP contribution in [0.3, 0.4) is 0 Å². The number of aromatic nitrogens is 1. The summed E-state index contributed by atoms with van der Waals surface area (Å²) in [4.78, 5) is 36.3. The summed E-state index contributed by atoms with van der Waals surface area (Å²) in [5.74, 6) is -0.317. The lowest BCUT2D eigenvalue weighted by molar-refractivity contribution is -0.121. The van der Waals surface area contributed by atoms with Crippen LogP contribution >= 0.6 is 0 Å². The molecule has 0 atom stereocenters. The average molecular weight is 263 g/mol. The number of ketones is 1. The third-order valence-corrected chi connectivity index (χ3v) is 2.68. The van der Waals surface area contributed by atoms with Gasteiger partial charge in [0.25, 0.3) is 0 Å². The van der Waals surface area contributed by atoms with Gasteiger partial charge in [-0.25, -0.2) is 5.43 Å². The van der Waals surface area contributed by atoms with Crippen LogP contribution < -0.4 is 5.43 Å². The van der Waals surface area contributed by atoms with Crippen LogP contribution in [-0.2, 0) is 4.79 Å². The Hall–Kier alpha value is -2.11. The van der Waals surface area contributed by atoms with Gasteiger partial charge in [-0.3, -0.25) is 14.6 Å². The summed E-state index contributed by atoms with van der Waals surface area (Å²) in [5, 5.41) is 2.31. The van der Waals surface area contributed by atoms with Gasteiger partial charge in [-0.1, -0.05) is 18.9 Å². The molecule has 0 aliphatic rings. The van der Waals surface area contributed by atoms with Gasteiger partial charge in [0.15, 0.2) is 5.78 Å². The standard InChI is InChI=1S/C13H17N3O3/c17-12(11-7-5-6-10-14-11)8-3-1-2-4-9-13(18)15-16-19/h5-7,10H,1-4,8-9H2,(H,15,18,19). The number of nitrogens with one attached hydrogen (secondary N) is 1. The van der Waals surface area contributed by atoms with Gasteiger partial charge in [-0.05, 0) is 25.0 Å². The number of carbonyl (C=O) groups is 2. The third kappa shape index (κ3) is 6.40. The van der Waals surface area contributed by atoms with Gasteiger partial charge in [-0.2, -0.15) is 0 Å². The maximum Gasteiger partial charge on any atom is 0.242 e. The Morgan fingerprint density at radius 2 is 1.84 bits per heavy atom. The first-order valence-electron chi connectivity index (χ1n) is 6.29. The van der Waals surface area contributed by atoms with Gasteiger partial charge in [0.05, 0.1) is 5.29 Å². The van der Waals surface area contributed by atoms with Crippen molar-refractivity contribution in [1.29, 1.82) is 0 Å². The minimum atomic E-state index is -0.362. The van der Waals surface area contributed by atoms with Crippen molar-refractivity contribution in [2.24, 2.45) is 5.29 Å². The van der Waals surface area contributed by atoms with Crippen molar-refractivity contribution in [2.75, 3.05) is 0 Å². The SMILES string of the molecule is O=NNC(=O)CCCCCCC(=O)c1ccccn1. The highest BCUT2D eigenvalue weighted by Crippen LogP contribution is 2.08. The van der Waals surface area contributed by atoms with Crippen molar-refractivity contribution in [3.63, 3.8) is 0 Å². The molecule has 1 amide bonds. The molecule has 0 saturated carbocycles. The fourth-order valence-electron chi connectivity index (χ4n) is 1.69. The summed E-state index contributed by atoms with van der Waals surface area (Å²) in [6, 6.07) is 5.27. The monoisotopic (exact) mass is 263 g/mol. The molecule has 1 aromatic heterocycles. The molecule has 0 aliphatic heterocycles. The van der Waals surface area contributed by atoms with Crippen molar-refractivity contribution >= 4 is 11.7 Å². The lowest BCUT2D eigenvalue weighted by atomic mass is 10.1. The Labute approximate surface area is 111 Å². The van der Waals surface area contributed by atoms with E-state index in [4.69, 9.17) is 0 Å². The second-order valence-corrected chi connectivity index (χ2v) is 4.18. The van der Waals surface area contributed by atoms with Crippen LogP contribution in [0.25, 0.3) is 0 Å². The molecule has 0 aromatic carbocycles. The highest BCUT2D eigenvalue weighted by Gasteiger charge is 2.06. The summed E-state index contributed by atoms with van der Waals surface area (Å²) in [5.41, 5.74) is 2.34. The zero-order chi connectivity index (χ0) is 13.9. The average Bonchev–Trinajstić information content (AvgIpc) is 2.43. The molecule has 1 N–H and O–H groups in total. The van der Waals surface area contributed by atoms with Gasteiger partial charge in [0, 0.05) is 19.0 Å². The number of carbonyl (C=O) groups excluding carboxylic acids is 2. The molecular weight excluding hydrogens is 246 g/mol. The Balaban J connectivity index is 2.07. The van der Waals surface area contributed by atoms with E-state index < -0.39 is 0 Å². The fraction of sp³-hybridized carbons (Fsp3) is 0.462. The number of pyridine rings is 1. The predicted molar refractivity (Wildman–Crippen MR) is 70.2 cm³/mol. The van der Waals surface area contributed by atoms with E-state index in [0.717, 1.165) is 19.3 Å². The lowest BCUT2D eigenvalue weighted by Gasteiger charge is -2.01. The molecule has 0 bridgehead atoms. The van der Waals surface area contributed by atoms with Gasteiger partial charge in [-0.15, -0.1) is 4.91 Å². The van der Waals surface area contributed by atoms with E-state index in [9.17, 15) is 14.5 Å². The first-order chi connectivity index (χ1) is 9.24. The van der Waals surface area contributed by atoms with Crippen LogP contribution in [0.2, 0.25) is 0 Å². The number of unbranched alkanes of at least 4 members (excludes halogenated alkanes) is 3. The zero-order valence-corrected chi connectivity index (χ0v) is 10.7. The largest absolute Gasteiger partial charge is 0.292 e. The summed E-state index contributed by atoms with van der Waals surface area (Å²) in [6.45, 7) is 0. The van der Waals surface area contributed by atoms with Gasteiger partial charge >= 0.3 is 0 Å². The van der Waals surface area contributed by atoms with Crippen molar-refractivity contribution < 1.29 is 9.59 Å². The number of amides is 1. The second-order valence-electron chi connectivity index (χ2n) is 4.18. The highest BCUT2D eigenvalue weighted by atomic mass is 16.3. The number of hydrogen-bond acceptors (Lipinski definition) is 5. The Morgan fingerprint density at radius 3 is 2.47 bits per heavy atom. The van der Waals surface area contributed by atoms with E-state index in [0.29, 0.717) is 25.0 Å². The van der Waals surface area contributed by atoms with Crippen LogP contribution in [0.4, 0.5) is 0 Å². The topological polar surface area (TPSA) is 88.5 Å². The lowest BCUT2D eigenvalue weighted by Crippen LogP contribution is -2.15. The van der Waals surface area contributed by atoms with Crippen LogP contribution in [0.15, 0.2) is 29.7 Å². The molecule has 6 heteroatoms. The minimum absolute atomic E-state index is 0.0449. The van der Waals surface area contributed by atoms with Crippen molar-refractivity contribution in [1.82, 2.24) is 10.4 Å². The van der Waals surface area contributed by atoms with E-state index in [1.807, 2.05) is 5.43 Å². The van der Waals surface area contributed by atoms with Gasteiger partial charge in [0.1, 0.15) is 5.69 Å².